The molecule has 0 saturated heterocycles. The molecule has 32 heavy (non-hydrogen) atoms. The van der Waals surface area contributed by atoms with Crippen molar-refractivity contribution in [2.24, 2.45) is 4.99 Å². The number of hydrogen-bond donors (Lipinski definition) is 1. The average Bonchev–Trinajstić information content (AvgIpc) is 2.92. The summed E-state index contributed by atoms with van der Waals surface area (Å²) in [7, 11) is 0. The minimum atomic E-state index is -6.97. The molecule has 0 radical (unpaired) electrons. The number of carbonyl (C=O) groups is 2. The number of aromatic nitrogens is 1. The molecule has 0 fully saturated rings. The molecule has 5 nitrogen and oxygen atoms in total. The molecule has 1 N–H and O–H groups in total. The summed E-state index contributed by atoms with van der Waals surface area (Å²) in [5.41, 5.74) is -0.0135. The largest absolute Gasteiger partial charge is 0.460 e. The van der Waals surface area contributed by atoms with Gasteiger partial charge in [0.1, 0.15) is 0 Å². The molecule has 0 atom stereocenters. The van der Waals surface area contributed by atoms with Crippen LogP contribution in [-0.2, 0) is 9.59 Å². The van der Waals surface area contributed by atoms with Gasteiger partial charge in [0, 0.05) is 5.38 Å². The van der Waals surface area contributed by atoms with Gasteiger partial charge in [-0.15, -0.1) is 11.3 Å². The zero-order chi connectivity index (χ0) is 25.7. The topological polar surface area (TPSA) is 63.5 Å². The van der Waals surface area contributed by atoms with Gasteiger partial charge in [0.05, 0.1) is 5.69 Å². The van der Waals surface area contributed by atoms with Crippen LogP contribution in [0.2, 0.25) is 0 Å². The molecule has 0 bridgehead atoms. The highest BCUT2D eigenvalue weighted by Crippen LogP contribution is 2.47. The van der Waals surface area contributed by atoms with Gasteiger partial charge < -0.3 is 0 Å². The summed E-state index contributed by atoms with van der Waals surface area (Å²) in [4.78, 5) is 23.1. The summed E-state index contributed by atoms with van der Waals surface area (Å²) in [6.07, 6.45) is -13.9. The molecule has 0 spiro atoms. The van der Waals surface area contributed by atoms with Crippen molar-refractivity contribution in [3.8, 4) is 0 Å². The Morgan fingerprint density at radius 1 is 0.812 bits per heavy atom. The van der Waals surface area contributed by atoms with E-state index in [1.54, 1.807) is 0 Å². The molecule has 1 rings (SSSR count). The van der Waals surface area contributed by atoms with E-state index in [0.717, 1.165) is 6.92 Å². The lowest BCUT2D eigenvalue weighted by atomic mass is 10.1. The lowest BCUT2D eigenvalue weighted by Crippen LogP contribution is -2.59. The third-order valence-corrected chi connectivity index (χ3v) is 4.29. The van der Waals surface area contributed by atoms with Gasteiger partial charge in [-0.1, -0.05) is 0 Å². The van der Waals surface area contributed by atoms with Crippen LogP contribution < -0.4 is 10.2 Å². The normalized spacial score (nSPS) is 15.2. The number of hydrogen-bond acceptors (Lipinski definition) is 3. The van der Waals surface area contributed by atoms with E-state index < -0.39 is 58.4 Å². The van der Waals surface area contributed by atoms with E-state index in [1.165, 1.54) is 0 Å². The number of nitrogens with one attached hydrogen (secondary N) is 1. The quantitative estimate of drug-likeness (QED) is 0.596. The molecular weight excluding hydrogens is 516 g/mol. The molecule has 0 aliphatic carbocycles. The summed E-state index contributed by atoms with van der Waals surface area (Å²) in [6.45, 7) is 0.739. The molecule has 0 aromatic carbocycles. The van der Waals surface area contributed by atoms with Crippen molar-refractivity contribution >= 4 is 23.2 Å². The highest BCUT2D eigenvalue weighted by atomic mass is 32.1. The monoisotopic (exact) mass is 521 g/mol. The number of rotatable bonds is 5. The van der Waals surface area contributed by atoms with Crippen molar-refractivity contribution in [1.82, 2.24) is 4.68 Å². The van der Waals surface area contributed by atoms with Gasteiger partial charge in [-0.3, -0.25) is 15.0 Å². The summed E-state index contributed by atoms with van der Waals surface area (Å²) < 4.78 is 177. The van der Waals surface area contributed by atoms with Crippen LogP contribution in [0, 0.1) is 6.92 Å². The Bertz CT molecular complexity index is 955. The lowest BCUT2D eigenvalue weighted by Gasteiger charge is -2.27. The van der Waals surface area contributed by atoms with Gasteiger partial charge in [0.2, 0.25) is 4.80 Å². The van der Waals surface area contributed by atoms with E-state index in [2.05, 4.69) is 4.99 Å². The first kappa shape index (κ1) is 27.6. The van der Waals surface area contributed by atoms with Crippen LogP contribution in [0.5, 0.6) is 0 Å². The first-order valence-corrected chi connectivity index (χ1v) is 8.03. The van der Waals surface area contributed by atoms with Crippen molar-refractivity contribution in [3.05, 3.63) is 15.9 Å². The van der Waals surface area contributed by atoms with Gasteiger partial charge in [0.15, 0.2) is 0 Å². The van der Waals surface area contributed by atoms with E-state index in [-0.39, 0.29) is 16.0 Å². The molecule has 1 aromatic heterocycles. The van der Waals surface area contributed by atoms with E-state index in [4.69, 9.17) is 0 Å². The maximum Gasteiger partial charge on any atom is 0.460 e. The van der Waals surface area contributed by atoms with Crippen molar-refractivity contribution in [2.75, 3.05) is 5.43 Å². The number of alkyl halides is 14. The van der Waals surface area contributed by atoms with Crippen molar-refractivity contribution in [1.29, 1.82) is 0 Å². The van der Waals surface area contributed by atoms with Gasteiger partial charge in [-0.05, 0) is 6.92 Å². The van der Waals surface area contributed by atoms with Crippen LogP contribution in [0.3, 0.4) is 0 Å². The Labute approximate surface area is 169 Å². The molecule has 1 heterocycles. The molecular formula is C12H5F14N3O2S. The SMILES string of the molecule is Cc1csc(=NC(=O)C(F)(F)C(F)(F)C(F)(F)F)n1NC(=O)C(F)(F)C(F)(F)C(F)(F)F. The summed E-state index contributed by atoms with van der Waals surface area (Å²) >= 11 is -0.149. The number of carbonyl (C=O) groups excluding carboxylic acids is 2. The second kappa shape index (κ2) is 7.87. The molecule has 184 valence electrons. The second-order valence-electron chi connectivity index (χ2n) is 5.65. The summed E-state index contributed by atoms with van der Waals surface area (Å²) in [5, 5.41) is 0.604. The van der Waals surface area contributed by atoms with Gasteiger partial charge in [-0.25, -0.2) is 4.68 Å². The van der Waals surface area contributed by atoms with Crippen LogP contribution in [0.4, 0.5) is 61.5 Å². The molecule has 0 aliphatic rings. The number of aryl methyl sites for hydroxylation is 1. The van der Waals surface area contributed by atoms with Gasteiger partial charge in [-0.2, -0.15) is 66.5 Å². The predicted octanol–water partition coefficient (Wildman–Crippen LogP) is 4.02. The van der Waals surface area contributed by atoms with Crippen LogP contribution in [0.1, 0.15) is 5.69 Å². The lowest BCUT2D eigenvalue weighted by molar-refractivity contribution is -0.343. The molecule has 0 saturated carbocycles. The van der Waals surface area contributed by atoms with Crippen molar-refractivity contribution in [3.63, 3.8) is 0 Å². The Morgan fingerprint density at radius 2 is 1.22 bits per heavy atom. The Balaban J connectivity index is 3.43. The molecule has 0 aliphatic heterocycles. The highest BCUT2D eigenvalue weighted by Gasteiger charge is 2.77. The smallest absolute Gasteiger partial charge is 0.266 e. The first-order chi connectivity index (χ1) is 13.9. The minimum absolute atomic E-state index is 0.149. The van der Waals surface area contributed by atoms with Crippen molar-refractivity contribution < 1.29 is 71.1 Å². The molecule has 2 amide bonds. The van der Waals surface area contributed by atoms with Gasteiger partial charge in [0.25, 0.3) is 0 Å². The third kappa shape index (κ3) is 4.40. The van der Waals surface area contributed by atoms with E-state index >= 15 is 0 Å². The molecule has 0 unspecified atom stereocenters. The highest BCUT2D eigenvalue weighted by molar-refractivity contribution is 7.07. The van der Waals surface area contributed by atoms with Crippen LogP contribution in [0.25, 0.3) is 0 Å². The average molecular weight is 521 g/mol. The van der Waals surface area contributed by atoms with E-state index in [0.29, 0.717) is 10.8 Å². The summed E-state index contributed by atoms with van der Waals surface area (Å²) in [5.74, 6) is -33.9. The van der Waals surface area contributed by atoms with Crippen LogP contribution >= 0.6 is 11.3 Å². The maximum absolute atomic E-state index is 13.4. The Morgan fingerprint density at radius 3 is 1.62 bits per heavy atom. The number of halogens is 14. The fourth-order valence-corrected chi connectivity index (χ4v) is 2.38. The summed E-state index contributed by atoms with van der Waals surface area (Å²) in [6, 6.07) is 0. The number of amides is 2. The van der Waals surface area contributed by atoms with Crippen LogP contribution in [0.15, 0.2) is 10.4 Å². The van der Waals surface area contributed by atoms with Crippen molar-refractivity contribution in [2.45, 2.75) is 43.0 Å². The fraction of sp³-hybridized carbons (Fsp3) is 0.583. The van der Waals surface area contributed by atoms with Gasteiger partial charge >= 0.3 is 47.9 Å². The predicted molar refractivity (Wildman–Crippen MR) is 73.9 cm³/mol. The Kier molecular flexibility index (Phi) is 6.79. The second-order valence-corrected chi connectivity index (χ2v) is 6.48. The third-order valence-electron chi connectivity index (χ3n) is 3.34. The fourth-order valence-electron chi connectivity index (χ4n) is 1.57. The van der Waals surface area contributed by atoms with E-state index in [1.807, 2.05) is 0 Å². The van der Waals surface area contributed by atoms with Crippen LogP contribution in [-0.4, -0.2) is 52.5 Å². The Hall–Kier alpha value is -2.41. The zero-order valence-electron chi connectivity index (χ0n) is 14.5. The number of nitrogens with zero attached hydrogens (tertiary/aromatic N) is 2. The number of thiazole rings is 1. The first-order valence-electron chi connectivity index (χ1n) is 7.15. The molecule has 1 aromatic rings. The molecule has 20 heteroatoms. The maximum atomic E-state index is 13.4. The zero-order valence-corrected chi connectivity index (χ0v) is 15.3. The minimum Gasteiger partial charge on any atom is -0.266 e. The van der Waals surface area contributed by atoms with E-state index in [9.17, 15) is 71.1 Å². The standard InChI is InChI=1S/C12H5F14N3O2S/c1-3-2-32-6(27-4(30)7(13,14)9(17,18)11(21,22)23)29(3)28-5(31)8(15,16)10(19,20)12(24,25)26/h2H,1H3,(H,28,31).